The number of aryl methyl sites for hydroxylation is 2. The molecule has 2 aromatic rings. The summed E-state index contributed by atoms with van der Waals surface area (Å²) >= 11 is 0. The zero-order chi connectivity index (χ0) is 19.9. The molecule has 1 aliphatic carbocycles. The Hall–Kier alpha value is -2.69. The summed E-state index contributed by atoms with van der Waals surface area (Å²) in [7, 11) is 1.84. The fourth-order valence-corrected chi connectivity index (χ4v) is 4.35. The minimum Gasteiger partial charge on any atom is -0.340 e. The third-order valence-electron chi connectivity index (χ3n) is 6.42. The molecule has 5 nitrogen and oxygen atoms in total. The number of rotatable bonds is 4. The van der Waals surface area contributed by atoms with Crippen LogP contribution in [0.1, 0.15) is 40.0 Å². The molecular formula is C23H27N3O2. The summed E-state index contributed by atoms with van der Waals surface area (Å²) in [4.78, 5) is 33.8. The number of pyridine rings is 1. The molecule has 0 bridgehead atoms. The van der Waals surface area contributed by atoms with E-state index < -0.39 is 0 Å². The number of carbonyl (C=O) groups is 2. The largest absolute Gasteiger partial charge is 0.340 e. The number of amides is 2. The van der Waals surface area contributed by atoms with Gasteiger partial charge in [0.05, 0.1) is 12.2 Å². The van der Waals surface area contributed by atoms with Gasteiger partial charge in [-0.15, -0.1) is 0 Å². The van der Waals surface area contributed by atoms with Crippen LogP contribution in [0, 0.1) is 25.2 Å². The number of aromatic nitrogens is 1. The van der Waals surface area contributed by atoms with Crippen molar-refractivity contribution in [3.8, 4) is 0 Å². The number of carbonyl (C=O) groups excluding carboxylic acids is 2. The first kappa shape index (κ1) is 18.7. The van der Waals surface area contributed by atoms with E-state index in [0.29, 0.717) is 13.1 Å². The molecule has 2 aliphatic rings. The fraction of sp³-hybridized carbons (Fsp3) is 0.435. The minimum absolute atomic E-state index is 0.0230. The van der Waals surface area contributed by atoms with Crippen molar-refractivity contribution in [3.05, 3.63) is 65.0 Å². The van der Waals surface area contributed by atoms with Crippen LogP contribution in [0.5, 0.6) is 0 Å². The van der Waals surface area contributed by atoms with E-state index in [1.165, 1.54) is 5.56 Å². The average Bonchev–Trinajstić information content (AvgIpc) is 3.22. The summed E-state index contributed by atoms with van der Waals surface area (Å²) in [5.74, 6) is 0.282. The molecule has 0 N–H and O–H groups in total. The molecule has 2 amide bonds. The molecule has 4 rings (SSSR count). The van der Waals surface area contributed by atoms with Crippen LogP contribution < -0.4 is 0 Å². The van der Waals surface area contributed by atoms with Crippen LogP contribution in [0.15, 0.2) is 42.6 Å². The number of likely N-dealkylation sites (tertiary alicyclic amines) is 1. The second-order valence-electron chi connectivity index (χ2n) is 8.41. The van der Waals surface area contributed by atoms with Crippen LogP contribution in [-0.2, 0) is 11.3 Å². The summed E-state index contributed by atoms with van der Waals surface area (Å²) in [6.45, 7) is 6.03. The Morgan fingerprint density at radius 1 is 1.21 bits per heavy atom. The van der Waals surface area contributed by atoms with Gasteiger partial charge in [-0.05, 0) is 62.1 Å². The molecule has 0 radical (unpaired) electrons. The number of benzene rings is 1. The SMILES string of the molecule is Cc1ccc(C(=O)N2CCC3(CC3C(=O)N(C)Cc3ccccn3)C2)cc1C. The van der Waals surface area contributed by atoms with Crippen molar-refractivity contribution in [2.45, 2.75) is 33.2 Å². The van der Waals surface area contributed by atoms with Crippen LogP contribution in [-0.4, -0.2) is 46.7 Å². The molecule has 1 spiro atoms. The Bertz CT molecular complexity index is 911. The zero-order valence-corrected chi connectivity index (χ0v) is 16.8. The minimum atomic E-state index is -0.0230. The molecule has 2 fully saturated rings. The number of hydrogen-bond donors (Lipinski definition) is 0. The van der Waals surface area contributed by atoms with Gasteiger partial charge in [0.2, 0.25) is 5.91 Å². The van der Waals surface area contributed by atoms with Gasteiger partial charge in [0.25, 0.3) is 5.91 Å². The van der Waals surface area contributed by atoms with E-state index in [2.05, 4.69) is 11.9 Å². The van der Waals surface area contributed by atoms with Gasteiger partial charge in [-0.2, -0.15) is 0 Å². The van der Waals surface area contributed by atoms with Crippen molar-refractivity contribution in [2.75, 3.05) is 20.1 Å². The maximum Gasteiger partial charge on any atom is 0.253 e. The molecule has 2 atom stereocenters. The highest BCUT2D eigenvalue weighted by Gasteiger charge is 2.61. The smallest absolute Gasteiger partial charge is 0.253 e. The Morgan fingerprint density at radius 2 is 2.04 bits per heavy atom. The first-order valence-corrected chi connectivity index (χ1v) is 9.91. The maximum atomic E-state index is 12.9. The van der Waals surface area contributed by atoms with Gasteiger partial charge in [0, 0.05) is 43.2 Å². The summed E-state index contributed by atoms with van der Waals surface area (Å²) in [5.41, 5.74) is 3.95. The summed E-state index contributed by atoms with van der Waals surface area (Å²) < 4.78 is 0. The highest BCUT2D eigenvalue weighted by Crippen LogP contribution is 2.59. The maximum absolute atomic E-state index is 12.9. The Morgan fingerprint density at radius 3 is 2.75 bits per heavy atom. The van der Waals surface area contributed by atoms with Crippen molar-refractivity contribution in [1.29, 1.82) is 0 Å². The predicted octanol–water partition coefficient (Wildman–Crippen LogP) is 3.21. The van der Waals surface area contributed by atoms with Gasteiger partial charge in [0.15, 0.2) is 0 Å². The number of nitrogens with zero attached hydrogens (tertiary/aromatic N) is 3. The summed E-state index contributed by atoms with van der Waals surface area (Å²) in [5, 5.41) is 0. The molecule has 28 heavy (non-hydrogen) atoms. The highest BCUT2D eigenvalue weighted by molar-refractivity contribution is 5.95. The topological polar surface area (TPSA) is 53.5 Å². The Kier molecular flexibility index (Phi) is 4.69. The van der Waals surface area contributed by atoms with E-state index >= 15 is 0 Å². The molecule has 1 saturated carbocycles. The second kappa shape index (κ2) is 7.04. The molecule has 1 aromatic carbocycles. The lowest BCUT2D eigenvalue weighted by atomic mass is 10.0. The lowest BCUT2D eigenvalue weighted by Gasteiger charge is -2.20. The Labute approximate surface area is 166 Å². The molecule has 146 valence electrons. The molecule has 1 aromatic heterocycles. The van der Waals surface area contributed by atoms with Crippen molar-refractivity contribution in [1.82, 2.24) is 14.8 Å². The van der Waals surface area contributed by atoms with Gasteiger partial charge < -0.3 is 9.80 Å². The molecule has 1 aliphatic heterocycles. The van der Waals surface area contributed by atoms with Crippen molar-refractivity contribution >= 4 is 11.8 Å². The molecule has 5 heteroatoms. The van der Waals surface area contributed by atoms with Crippen LogP contribution in [0.3, 0.4) is 0 Å². The normalized spacial score (nSPS) is 23.1. The molecule has 1 saturated heterocycles. The first-order valence-electron chi connectivity index (χ1n) is 9.91. The van der Waals surface area contributed by atoms with E-state index in [4.69, 9.17) is 0 Å². The van der Waals surface area contributed by atoms with Crippen LogP contribution in [0.2, 0.25) is 0 Å². The lowest BCUT2D eigenvalue weighted by Crippen LogP contribution is -2.32. The van der Waals surface area contributed by atoms with Crippen LogP contribution >= 0.6 is 0 Å². The predicted molar refractivity (Wildman–Crippen MR) is 108 cm³/mol. The Balaban J connectivity index is 1.38. The van der Waals surface area contributed by atoms with Crippen molar-refractivity contribution in [3.63, 3.8) is 0 Å². The third-order valence-corrected chi connectivity index (χ3v) is 6.42. The van der Waals surface area contributed by atoms with Gasteiger partial charge >= 0.3 is 0 Å². The van der Waals surface area contributed by atoms with Gasteiger partial charge in [-0.1, -0.05) is 12.1 Å². The lowest BCUT2D eigenvalue weighted by molar-refractivity contribution is -0.132. The van der Waals surface area contributed by atoms with E-state index in [1.54, 1.807) is 11.1 Å². The van der Waals surface area contributed by atoms with Gasteiger partial charge in [0.1, 0.15) is 0 Å². The van der Waals surface area contributed by atoms with Crippen molar-refractivity contribution < 1.29 is 9.59 Å². The fourth-order valence-electron chi connectivity index (χ4n) is 4.35. The van der Waals surface area contributed by atoms with E-state index in [-0.39, 0.29) is 23.1 Å². The van der Waals surface area contributed by atoms with Gasteiger partial charge in [-0.3, -0.25) is 14.6 Å². The summed E-state index contributed by atoms with van der Waals surface area (Å²) in [6.07, 6.45) is 3.55. The highest BCUT2D eigenvalue weighted by atomic mass is 16.2. The quantitative estimate of drug-likeness (QED) is 0.822. The monoisotopic (exact) mass is 377 g/mol. The van der Waals surface area contributed by atoms with Crippen LogP contribution in [0.25, 0.3) is 0 Å². The van der Waals surface area contributed by atoms with Gasteiger partial charge in [-0.25, -0.2) is 0 Å². The van der Waals surface area contributed by atoms with E-state index in [0.717, 1.165) is 36.2 Å². The second-order valence-corrected chi connectivity index (χ2v) is 8.41. The van der Waals surface area contributed by atoms with E-state index in [9.17, 15) is 9.59 Å². The number of hydrogen-bond acceptors (Lipinski definition) is 3. The first-order chi connectivity index (χ1) is 13.4. The molecule has 2 heterocycles. The van der Waals surface area contributed by atoms with Crippen molar-refractivity contribution in [2.24, 2.45) is 11.3 Å². The van der Waals surface area contributed by atoms with E-state index in [1.807, 2.05) is 55.3 Å². The standard InChI is InChI=1S/C23H27N3O2/c1-16-7-8-18(12-17(16)2)21(27)26-11-9-23(15-26)13-20(23)22(28)25(3)14-19-6-4-5-10-24-19/h4-8,10,12,20H,9,11,13-15H2,1-3H3. The molecule has 2 unspecified atom stereocenters. The third kappa shape index (κ3) is 3.41. The zero-order valence-electron chi connectivity index (χ0n) is 16.8. The average molecular weight is 377 g/mol. The summed E-state index contributed by atoms with van der Waals surface area (Å²) in [6, 6.07) is 11.6. The van der Waals surface area contributed by atoms with Crippen LogP contribution in [0.4, 0.5) is 0 Å². The molecular weight excluding hydrogens is 350 g/mol.